The summed E-state index contributed by atoms with van der Waals surface area (Å²) in [7, 11) is 3.12. The van der Waals surface area contributed by atoms with Crippen LogP contribution in [0.3, 0.4) is 0 Å². The fourth-order valence-corrected chi connectivity index (χ4v) is 4.57. The lowest BCUT2D eigenvalue weighted by molar-refractivity contribution is 0.0688. The zero-order valence-electron chi connectivity index (χ0n) is 21.1. The smallest absolute Gasteiger partial charge is 0.356 e. The number of hydrogen-bond donors (Lipinski definition) is 1. The van der Waals surface area contributed by atoms with Crippen molar-refractivity contribution >= 4 is 22.8 Å². The second-order valence-electron chi connectivity index (χ2n) is 8.57. The van der Waals surface area contributed by atoms with Crippen molar-refractivity contribution in [3.8, 4) is 11.6 Å². The van der Waals surface area contributed by atoms with Crippen LogP contribution in [-0.4, -0.2) is 50.4 Å². The van der Waals surface area contributed by atoms with Crippen LogP contribution in [0, 0.1) is 6.92 Å². The Morgan fingerprint density at radius 1 is 1.03 bits per heavy atom. The molecule has 9 heteroatoms. The molecule has 3 heterocycles. The maximum Gasteiger partial charge on any atom is 0.356 e. The number of methoxy groups -OCH3 is 2. The first-order chi connectivity index (χ1) is 17.3. The molecule has 4 aromatic rings. The molecule has 0 saturated heterocycles. The summed E-state index contributed by atoms with van der Waals surface area (Å²) in [6, 6.07) is 12.2. The van der Waals surface area contributed by atoms with Crippen LogP contribution in [0.5, 0.6) is 11.6 Å². The van der Waals surface area contributed by atoms with Crippen LogP contribution in [0.1, 0.15) is 70.5 Å². The van der Waals surface area contributed by atoms with Crippen molar-refractivity contribution in [2.24, 2.45) is 0 Å². The van der Waals surface area contributed by atoms with Crippen LogP contribution in [-0.2, 0) is 6.54 Å². The molecule has 0 unspecified atom stereocenters. The van der Waals surface area contributed by atoms with Crippen molar-refractivity contribution in [3.05, 3.63) is 70.7 Å². The predicted octanol–water partition coefficient (Wildman–Crippen LogP) is 4.90. The van der Waals surface area contributed by atoms with Crippen molar-refractivity contribution < 1.29 is 24.2 Å². The summed E-state index contributed by atoms with van der Waals surface area (Å²) in [5, 5.41) is 14.7. The summed E-state index contributed by atoms with van der Waals surface area (Å²) >= 11 is 0. The number of carboxylic acids is 1. The minimum atomic E-state index is -1.08. The van der Waals surface area contributed by atoms with Crippen LogP contribution < -0.4 is 9.47 Å². The summed E-state index contributed by atoms with van der Waals surface area (Å²) in [4.78, 5) is 30.0. The molecule has 3 aromatic heterocycles. The molecule has 4 rings (SSSR count). The molecule has 9 nitrogen and oxygen atoms in total. The largest absolute Gasteiger partial charge is 0.497 e. The first-order valence-corrected chi connectivity index (χ1v) is 11.9. The van der Waals surface area contributed by atoms with Gasteiger partial charge in [0.1, 0.15) is 11.4 Å². The van der Waals surface area contributed by atoms with E-state index in [1.54, 1.807) is 55.3 Å². The van der Waals surface area contributed by atoms with Gasteiger partial charge >= 0.3 is 5.97 Å². The number of ketones is 1. The van der Waals surface area contributed by atoms with E-state index in [1.165, 1.54) is 0 Å². The molecule has 0 aliphatic heterocycles. The molecule has 0 atom stereocenters. The number of pyridine rings is 1. The highest BCUT2D eigenvalue weighted by atomic mass is 16.5. The molecule has 0 aliphatic carbocycles. The summed E-state index contributed by atoms with van der Waals surface area (Å²) < 4.78 is 14.3. The first kappa shape index (κ1) is 25.0. The summed E-state index contributed by atoms with van der Waals surface area (Å²) in [5.41, 5.74) is 3.10. The Labute approximate surface area is 209 Å². The number of hydrogen-bond acceptors (Lipinski definition) is 6. The van der Waals surface area contributed by atoms with Gasteiger partial charge in [0.05, 0.1) is 38.1 Å². The van der Waals surface area contributed by atoms with Gasteiger partial charge in [-0.05, 0) is 56.2 Å². The lowest BCUT2D eigenvalue weighted by Crippen LogP contribution is -2.16. The van der Waals surface area contributed by atoms with Gasteiger partial charge in [-0.15, -0.1) is 0 Å². The van der Waals surface area contributed by atoms with Crippen molar-refractivity contribution in [2.75, 3.05) is 14.2 Å². The van der Waals surface area contributed by atoms with Gasteiger partial charge in [0.15, 0.2) is 11.5 Å². The molecule has 0 bridgehead atoms. The van der Waals surface area contributed by atoms with E-state index in [4.69, 9.17) is 9.47 Å². The second kappa shape index (κ2) is 10.2. The third-order valence-corrected chi connectivity index (χ3v) is 6.57. The van der Waals surface area contributed by atoms with Gasteiger partial charge in [-0.2, -0.15) is 10.1 Å². The Morgan fingerprint density at radius 3 is 2.31 bits per heavy atom. The predicted molar refractivity (Wildman–Crippen MR) is 135 cm³/mol. The molecule has 36 heavy (non-hydrogen) atoms. The quantitative estimate of drug-likeness (QED) is 0.315. The third-order valence-electron chi connectivity index (χ3n) is 6.57. The van der Waals surface area contributed by atoms with E-state index < -0.39 is 5.97 Å². The van der Waals surface area contributed by atoms with Gasteiger partial charge in [-0.1, -0.05) is 13.8 Å². The lowest BCUT2D eigenvalue weighted by atomic mass is 10.0. The van der Waals surface area contributed by atoms with E-state index in [0.29, 0.717) is 40.3 Å². The number of nitrogens with zero attached hydrogens (tertiary/aromatic N) is 4. The van der Waals surface area contributed by atoms with E-state index in [2.05, 4.69) is 23.9 Å². The Kier molecular flexibility index (Phi) is 7.10. The number of carbonyl (C=O) groups excluding carboxylic acids is 1. The van der Waals surface area contributed by atoms with E-state index in [0.717, 1.165) is 24.2 Å². The number of ether oxygens (including phenoxy) is 2. The van der Waals surface area contributed by atoms with Crippen LogP contribution in [0.4, 0.5) is 0 Å². The average molecular weight is 491 g/mol. The molecular formula is C27H30N4O5. The molecule has 1 N–H and O–H groups in total. The number of aromatic nitrogens is 4. The zero-order chi connectivity index (χ0) is 26.0. The lowest BCUT2D eigenvalue weighted by Gasteiger charge is -2.18. The first-order valence-electron chi connectivity index (χ1n) is 11.9. The van der Waals surface area contributed by atoms with Gasteiger partial charge in [0.2, 0.25) is 5.88 Å². The van der Waals surface area contributed by atoms with Gasteiger partial charge in [-0.25, -0.2) is 4.79 Å². The number of carboxylic acid groups (broad SMARTS) is 1. The summed E-state index contributed by atoms with van der Waals surface area (Å²) in [5.74, 6) is -0.124. The highest BCUT2D eigenvalue weighted by Crippen LogP contribution is 2.31. The van der Waals surface area contributed by atoms with Crippen LogP contribution in [0.15, 0.2) is 42.5 Å². The van der Waals surface area contributed by atoms with Crippen molar-refractivity contribution in [1.82, 2.24) is 19.3 Å². The molecule has 0 aliphatic rings. The highest BCUT2D eigenvalue weighted by Gasteiger charge is 2.25. The minimum Gasteiger partial charge on any atom is -0.497 e. The molecule has 0 amide bonds. The topological polar surface area (TPSA) is 108 Å². The van der Waals surface area contributed by atoms with Crippen LogP contribution >= 0.6 is 0 Å². The normalized spacial score (nSPS) is 11.3. The number of benzene rings is 1. The van der Waals surface area contributed by atoms with E-state index >= 15 is 0 Å². The molecule has 0 radical (unpaired) electrons. The average Bonchev–Trinajstić information content (AvgIpc) is 3.43. The standard InChI is InChI=1S/C27H30N4O5/c1-6-18(7-2)31-19(14-22(29-31)27(33)34)15-30-16(3)24(21-12-13-23(36-5)28-26(21)30)25(32)17-8-10-20(35-4)11-9-17/h8-14,18H,6-7,15H2,1-5H3,(H,33,34). The van der Waals surface area contributed by atoms with E-state index in [1.807, 2.05) is 17.6 Å². The highest BCUT2D eigenvalue weighted by molar-refractivity contribution is 6.17. The van der Waals surface area contributed by atoms with Crippen molar-refractivity contribution in [1.29, 1.82) is 0 Å². The molecule has 188 valence electrons. The Morgan fingerprint density at radius 2 is 1.72 bits per heavy atom. The van der Waals surface area contributed by atoms with Crippen molar-refractivity contribution in [2.45, 2.75) is 46.2 Å². The third kappa shape index (κ3) is 4.44. The minimum absolute atomic E-state index is 0.00825. The van der Waals surface area contributed by atoms with Gasteiger partial charge < -0.3 is 19.1 Å². The Hall–Kier alpha value is -4.14. The number of fused-ring (bicyclic) bond motifs is 1. The van der Waals surface area contributed by atoms with Gasteiger partial charge in [-0.3, -0.25) is 9.48 Å². The molecule has 0 saturated carbocycles. The number of carbonyl (C=O) groups is 2. The zero-order valence-corrected chi connectivity index (χ0v) is 21.1. The van der Waals surface area contributed by atoms with Crippen LogP contribution in [0.25, 0.3) is 11.0 Å². The maximum absolute atomic E-state index is 13.7. The maximum atomic E-state index is 13.7. The Bertz CT molecular complexity index is 1410. The molecule has 1 aromatic carbocycles. The van der Waals surface area contributed by atoms with E-state index in [9.17, 15) is 14.7 Å². The van der Waals surface area contributed by atoms with Gasteiger partial charge in [0, 0.05) is 22.7 Å². The van der Waals surface area contributed by atoms with Gasteiger partial charge in [0.25, 0.3) is 0 Å². The molecule has 0 fully saturated rings. The second-order valence-corrected chi connectivity index (χ2v) is 8.57. The SMILES string of the molecule is CCC(CC)n1nc(C(=O)O)cc1Cn1c(C)c(C(=O)c2ccc(OC)cc2)c2ccc(OC)nc21. The number of aromatic carboxylic acids is 1. The van der Waals surface area contributed by atoms with Crippen LogP contribution in [0.2, 0.25) is 0 Å². The fourth-order valence-electron chi connectivity index (χ4n) is 4.57. The Balaban J connectivity index is 1.88. The number of rotatable bonds is 10. The monoisotopic (exact) mass is 490 g/mol. The summed E-state index contributed by atoms with van der Waals surface area (Å²) in [6.45, 7) is 6.28. The molecule has 0 spiro atoms. The van der Waals surface area contributed by atoms with Crippen molar-refractivity contribution in [3.63, 3.8) is 0 Å². The van der Waals surface area contributed by atoms with E-state index in [-0.39, 0.29) is 17.5 Å². The fraction of sp³-hybridized carbons (Fsp3) is 0.333. The molecular weight excluding hydrogens is 460 g/mol. The summed E-state index contributed by atoms with van der Waals surface area (Å²) in [6.07, 6.45) is 1.62.